The number of furan rings is 1. The van der Waals surface area contributed by atoms with Crippen molar-refractivity contribution in [2.24, 2.45) is 0 Å². The van der Waals surface area contributed by atoms with Crippen LogP contribution in [0.2, 0.25) is 0 Å². The minimum atomic E-state index is -0.461. The summed E-state index contributed by atoms with van der Waals surface area (Å²) in [4.78, 5) is 29.6. The van der Waals surface area contributed by atoms with E-state index < -0.39 is 18.5 Å². The smallest absolute Gasteiger partial charge is 0.308 e. The van der Waals surface area contributed by atoms with Crippen LogP contribution in [0.25, 0.3) is 21.9 Å². The molecule has 2 heterocycles. The fraction of sp³-hybridized carbons (Fsp3) is 0.133. The Morgan fingerprint density at radius 1 is 0.868 bits per heavy atom. The molecule has 1 N–H and O–H groups in total. The van der Waals surface area contributed by atoms with Gasteiger partial charge in [0.2, 0.25) is 0 Å². The molecule has 0 fully saturated rings. The summed E-state index contributed by atoms with van der Waals surface area (Å²) in [6.07, 6.45) is 0.134. The number of ether oxygens (including phenoxy) is 2. The molecular weight excluding hydrogens is 500 g/mol. The highest BCUT2D eigenvalue weighted by molar-refractivity contribution is 7.99. The molecule has 7 nitrogen and oxygen atoms in total. The molecule has 1 aromatic heterocycles. The third-order valence-corrected chi connectivity index (χ3v) is 7.54. The van der Waals surface area contributed by atoms with Gasteiger partial charge in [0.1, 0.15) is 16.9 Å². The average molecular weight is 525 g/mol. The van der Waals surface area contributed by atoms with E-state index in [2.05, 4.69) is 22.3 Å². The highest BCUT2D eigenvalue weighted by Gasteiger charge is 2.23. The summed E-state index contributed by atoms with van der Waals surface area (Å²) in [5.41, 5.74) is 3.92. The number of rotatable bonds is 7. The lowest BCUT2D eigenvalue weighted by molar-refractivity contribution is -0.147. The molecule has 0 radical (unpaired) electrons. The van der Waals surface area contributed by atoms with Crippen LogP contribution in [0, 0.1) is 0 Å². The lowest BCUT2D eigenvalue weighted by Crippen LogP contribution is -2.26. The highest BCUT2D eigenvalue weighted by Crippen LogP contribution is 2.47. The lowest BCUT2D eigenvalue weighted by atomic mass is 10.1. The van der Waals surface area contributed by atoms with Gasteiger partial charge in [0.05, 0.1) is 30.6 Å². The SMILES string of the molecule is COc1cc2c(cc1NC(=O)COC(=O)CCN1c3ccccc3Sc3ccccc31)oc1ccccc12. The van der Waals surface area contributed by atoms with Crippen LogP contribution in [0.15, 0.2) is 99.1 Å². The molecule has 0 saturated carbocycles. The van der Waals surface area contributed by atoms with E-state index >= 15 is 0 Å². The number of methoxy groups -OCH3 is 1. The number of esters is 1. The van der Waals surface area contributed by atoms with Crippen LogP contribution in [0.3, 0.4) is 0 Å². The Morgan fingerprint density at radius 3 is 2.29 bits per heavy atom. The molecule has 0 saturated heterocycles. The van der Waals surface area contributed by atoms with Crippen LogP contribution in [0.4, 0.5) is 17.1 Å². The molecule has 0 unspecified atom stereocenters. The van der Waals surface area contributed by atoms with Gasteiger partial charge in [-0.25, -0.2) is 0 Å². The van der Waals surface area contributed by atoms with Gasteiger partial charge in [-0.05, 0) is 36.4 Å². The Hall–Kier alpha value is -4.43. The maximum absolute atomic E-state index is 12.6. The zero-order chi connectivity index (χ0) is 26.1. The first-order valence-corrected chi connectivity index (χ1v) is 13.0. The molecule has 6 rings (SSSR count). The number of nitrogens with one attached hydrogen (secondary N) is 1. The predicted octanol–water partition coefficient (Wildman–Crippen LogP) is 6.77. The number of benzene rings is 4. The minimum absolute atomic E-state index is 0.134. The molecule has 0 spiro atoms. The quantitative estimate of drug-likeness (QED) is 0.235. The van der Waals surface area contributed by atoms with Crippen molar-refractivity contribution in [3.05, 3.63) is 84.9 Å². The first-order valence-electron chi connectivity index (χ1n) is 12.2. The molecule has 0 atom stereocenters. The lowest BCUT2D eigenvalue weighted by Gasteiger charge is -2.32. The van der Waals surface area contributed by atoms with Crippen molar-refractivity contribution < 1.29 is 23.5 Å². The Bertz CT molecular complexity index is 1630. The summed E-state index contributed by atoms with van der Waals surface area (Å²) < 4.78 is 16.7. The van der Waals surface area contributed by atoms with Crippen molar-refractivity contribution in [1.29, 1.82) is 0 Å². The first-order chi connectivity index (χ1) is 18.6. The standard InChI is InChI=1S/C30H24N2O5S/c1-35-26-16-20-19-8-2-5-11-24(19)37-25(20)17-21(26)31-29(33)18-36-30(34)14-15-32-22-9-3-6-12-27(22)38-28-13-7-4-10-23(28)32/h2-13,16-17H,14-15,18H2,1H3,(H,31,33). The molecular formula is C30H24N2O5S. The molecule has 4 aromatic carbocycles. The number of nitrogens with zero attached hydrogens (tertiary/aromatic N) is 1. The minimum Gasteiger partial charge on any atom is -0.495 e. The van der Waals surface area contributed by atoms with Crippen LogP contribution in [-0.4, -0.2) is 32.1 Å². The third kappa shape index (κ3) is 4.54. The van der Waals surface area contributed by atoms with Gasteiger partial charge in [-0.3, -0.25) is 9.59 Å². The molecule has 1 aliphatic heterocycles. The number of amides is 1. The van der Waals surface area contributed by atoms with Crippen molar-refractivity contribution in [2.75, 3.05) is 30.5 Å². The molecule has 8 heteroatoms. The van der Waals surface area contributed by atoms with Crippen molar-refractivity contribution in [2.45, 2.75) is 16.2 Å². The Balaban J connectivity index is 1.10. The summed E-state index contributed by atoms with van der Waals surface area (Å²) >= 11 is 1.71. The third-order valence-electron chi connectivity index (χ3n) is 6.41. The fourth-order valence-corrected chi connectivity index (χ4v) is 5.74. The summed E-state index contributed by atoms with van der Waals surface area (Å²) in [5.74, 6) is -0.422. The van der Waals surface area contributed by atoms with Gasteiger partial charge in [-0.15, -0.1) is 0 Å². The molecule has 0 bridgehead atoms. The number of hydrogen-bond acceptors (Lipinski definition) is 7. The molecule has 1 aliphatic rings. The summed E-state index contributed by atoms with van der Waals surface area (Å²) in [5, 5.41) is 4.62. The number of carbonyl (C=O) groups is 2. The maximum atomic E-state index is 12.6. The van der Waals surface area contributed by atoms with Gasteiger partial charge in [0, 0.05) is 33.2 Å². The summed E-state index contributed by atoms with van der Waals surface area (Å²) in [6, 6.07) is 27.5. The number of fused-ring (bicyclic) bond motifs is 5. The number of hydrogen-bond donors (Lipinski definition) is 1. The van der Waals surface area contributed by atoms with Crippen molar-refractivity contribution in [1.82, 2.24) is 0 Å². The van der Waals surface area contributed by atoms with Crippen LogP contribution in [0.1, 0.15) is 6.42 Å². The number of anilines is 3. The summed E-state index contributed by atoms with van der Waals surface area (Å²) in [6.45, 7) is 0.0365. The maximum Gasteiger partial charge on any atom is 0.308 e. The van der Waals surface area contributed by atoms with Crippen LogP contribution < -0.4 is 15.0 Å². The second-order valence-corrected chi connectivity index (χ2v) is 9.88. The van der Waals surface area contributed by atoms with Crippen molar-refractivity contribution in [3.63, 3.8) is 0 Å². The molecule has 1 amide bonds. The average Bonchev–Trinajstić information content (AvgIpc) is 3.31. The molecule has 38 heavy (non-hydrogen) atoms. The van der Waals surface area contributed by atoms with Crippen LogP contribution >= 0.6 is 11.8 Å². The monoisotopic (exact) mass is 524 g/mol. The largest absolute Gasteiger partial charge is 0.495 e. The van der Waals surface area contributed by atoms with E-state index in [4.69, 9.17) is 13.9 Å². The zero-order valence-electron chi connectivity index (χ0n) is 20.6. The second-order valence-electron chi connectivity index (χ2n) is 8.79. The predicted molar refractivity (Wildman–Crippen MR) is 148 cm³/mol. The van der Waals surface area contributed by atoms with Crippen molar-refractivity contribution in [3.8, 4) is 5.75 Å². The summed E-state index contributed by atoms with van der Waals surface area (Å²) in [7, 11) is 1.54. The Kier molecular flexibility index (Phi) is 6.39. The van der Waals surface area contributed by atoms with E-state index in [1.807, 2.05) is 66.7 Å². The van der Waals surface area contributed by atoms with E-state index in [0.29, 0.717) is 23.6 Å². The van der Waals surface area contributed by atoms with Crippen LogP contribution in [-0.2, 0) is 14.3 Å². The van der Waals surface area contributed by atoms with E-state index in [9.17, 15) is 9.59 Å². The van der Waals surface area contributed by atoms with E-state index in [-0.39, 0.29) is 6.42 Å². The van der Waals surface area contributed by atoms with E-state index in [1.165, 1.54) is 7.11 Å². The van der Waals surface area contributed by atoms with Gasteiger partial charge in [-0.2, -0.15) is 0 Å². The number of para-hydroxylation sites is 3. The normalized spacial score (nSPS) is 12.2. The van der Waals surface area contributed by atoms with E-state index in [0.717, 1.165) is 37.5 Å². The van der Waals surface area contributed by atoms with Gasteiger partial charge in [-0.1, -0.05) is 54.2 Å². The van der Waals surface area contributed by atoms with Gasteiger partial charge in [0.25, 0.3) is 5.91 Å². The highest BCUT2D eigenvalue weighted by atomic mass is 32.2. The molecule has 5 aromatic rings. The Morgan fingerprint density at radius 2 is 1.55 bits per heavy atom. The molecule has 190 valence electrons. The van der Waals surface area contributed by atoms with Gasteiger partial charge < -0.3 is 24.1 Å². The molecule has 0 aliphatic carbocycles. The zero-order valence-corrected chi connectivity index (χ0v) is 21.4. The van der Waals surface area contributed by atoms with Crippen LogP contribution in [0.5, 0.6) is 5.75 Å². The van der Waals surface area contributed by atoms with Gasteiger partial charge >= 0.3 is 5.97 Å². The first kappa shape index (κ1) is 23.9. The Labute approximate surface area is 223 Å². The second kappa shape index (κ2) is 10.1. The number of carbonyl (C=O) groups excluding carboxylic acids is 2. The van der Waals surface area contributed by atoms with Crippen molar-refractivity contribution >= 4 is 62.6 Å². The van der Waals surface area contributed by atoms with Gasteiger partial charge in [0.15, 0.2) is 6.61 Å². The topological polar surface area (TPSA) is 81.0 Å². The fourth-order valence-electron chi connectivity index (χ4n) is 4.65. The van der Waals surface area contributed by atoms with E-state index in [1.54, 1.807) is 17.8 Å².